The van der Waals surface area contributed by atoms with Crippen LogP contribution < -0.4 is 15.5 Å². The van der Waals surface area contributed by atoms with E-state index in [1.54, 1.807) is 0 Å². The van der Waals surface area contributed by atoms with Gasteiger partial charge in [-0.05, 0) is 55.5 Å². The van der Waals surface area contributed by atoms with E-state index in [9.17, 15) is 0 Å². The van der Waals surface area contributed by atoms with Gasteiger partial charge in [-0.15, -0.1) is 0 Å². The molecule has 1 aliphatic carbocycles. The molecule has 2 aromatic carbocycles. The molecule has 2 aromatic heterocycles. The van der Waals surface area contributed by atoms with Gasteiger partial charge in [0.05, 0.1) is 11.0 Å². The van der Waals surface area contributed by atoms with Crippen molar-refractivity contribution >= 4 is 33.6 Å². The van der Waals surface area contributed by atoms with Crippen LogP contribution in [-0.4, -0.2) is 41.1 Å². The van der Waals surface area contributed by atoms with Crippen molar-refractivity contribution in [2.24, 2.45) is 0 Å². The second kappa shape index (κ2) is 9.09. The van der Waals surface area contributed by atoms with Crippen LogP contribution in [0.3, 0.4) is 0 Å². The molecule has 0 saturated heterocycles. The van der Waals surface area contributed by atoms with E-state index in [0.29, 0.717) is 12.1 Å². The van der Waals surface area contributed by atoms with E-state index in [2.05, 4.69) is 56.9 Å². The van der Waals surface area contributed by atoms with Crippen LogP contribution in [0, 0.1) is 0 Å². The summed E-state index contributed by atoms with van der Waals surface area (Å²) in [4.78, 5) is 16.2. The molecule has 4 aromatic rings. The number of anilines is 2. The summed E-state index contributed by atoms with van der Waals surface area (Å²) in [6.07, 6.45) is 6.50. The number of para-hydroxylation sites is 2. The van der Waals surface area contributed by atoms with Crippen LogP contribution in [0.5, 0.6) is 0 Å². The summed E-state index contributed by atoms with van der Waals surface area (Å²) in [7, 11) is 4.06. The van der Waals surface area contributed by atoms with Crippen molar-refractivity contribution in [3.8, 4) is 0 Å². The molecule has 0 atom stereocenters. The van der Waals surface area contributed by atoms with Crippen molar-refractivity contribution in [2.45, 2.75) is 44.3 Å². The maximum atomic E-state index is 4.80. The summed E-state index contributed by atoms with van der Waals surface area (Å²) in [5.41, 5.74) is 3.27. The fourth-order valence-corrected chi connectivity index (χ4v) is 4.57. The highest BCUT2D eigenvalue weighted by Crippen LogP contribution is 2.26. The number of rotatable bonds is 6. The van der Waals surface area contributed by atoms with Crippen LogP contribution in [-0.2, 0) is 6.54 Å². The number of benzene rings is 2. The van der Waals surface area contributed by atoms with Gasteiger partial charge < -0.3 is 15.5 Å². The molecule has 6 nitrogen and oxygen atoms in total. The zero-order chi connectivity index (χ0) is 21.9. The molecule has 0 spiro atoms. The Kier molecular flexibility index (Phi) is 5.86. The number of nitrogens with zero attached hydrogens (tertiary/aromatic N) is 4. The molecule has 1 saturated carbocycles. The van der Waals surface area contributed by atoms with E-state index in [1.807, 2.05) is 38.5 Å². The molecule has 6 heteroatoms. The van der Waals surface area contributed by atoms with Crippen molar-refractivity contribution in [2.75, 3.05) is 24.3 Å². The van der Waals surface area contributed by atoms with Gasteiger partial charge in [0.2, 0.25) is 5.95 Å². The van der Waals surface area contributed by atoms with Crippen LogP contribution in [0.25, 0.3) is 21.8 Å². The number of pyridine rings is 1. The van der Waals surface area contributed by atoms with E-state index in [1.165, 1.54) is 10.9 Å². The second-order valence-electron chi connectivity index (χ2n) is 8.89. The number of aromatic nitrogens is 3. The minimum Gasteiger partial charge on any atom is -0.362 e. The highest BCUT2D eigenvalue weighted by molar-refractivity contribution is 5.90. The quantitative estimate of drug-likeness (QED) is 0.464. The molecule has 2 heterocycles. The summed E-state index contributed by atoms with van der Waals surface area (Å²) in [5.74, 6) is 1.68. The highest BCUT2D eigenvalue weighted by Gasteiger charge is 2.22. The van der Waals surface area contributed by atoms with E-state index in [4.69, 9.17) is 9.97 Å². The monoisotopic (exact) mass is 426 g/mol. The molecule has 1 fully saturated rings. The zero-order valence-electron chi connectivity index (χ0n) is 18.8. The normalized spacial score (nSPS) is 18.7. The molecule has 0 unspecified atom stereocenters. The summed E-state index contributed by atoms with van der Waals surface area (Å²) in [6, 6.07) is 19.7. The number of hydrogen-bond acceptors (Lipinski definition) is 6. The van der Waals surface area contributed by atoms with Crippen LogP contribution in [0.1, 0.15) is 31.2 Å². The van der Waals surface area contributed by atoms with Crippen LogP contribution in [0.4, 0.5) is 11.8 Å². The Balaban J connectivity index is 1.18. The van der Waals surface area contributed by atoms with E-state index >= 15 is 0 Å². The van der Waals surface area contributed by atoms with Crippen molar-refractivity contribution in [3.63, 3.8) is 0 Å². The first-order chi connectivity index (χ1) is 15.7. The largest absolute Gasteiger partial charge is 0.362 e. The van der Waals surface area contributed by atoms with Gasteiger partial charge in [-0.2, -0.15) is 4.98 Å². The first-order valence-corrected chi connectivity index (χ1v) is 11.4. The topological polar surface area (TPSA) is 66.0 Å². The number of hydrogen-bond donors (Lipinski definition) is 2. The third-order valence-corrected chi connectivity index (χ3v) is 6.31. The maximum absolute atomic E-state index is 4.80. The van der Waals surface area contributed by atoms with Gasteiger partial charge in [0.15, 0.2) is 0 Å². The minimum atomic E-state index is 0.409. The molecule has 2 N–H and O–H groups in total. The van der Waals surface area contributed by atoms with E-state index in [-0.39, 0.29) is 0 Å². The van der Waals surface area contributed by atoms with Crippen molar-refractivity contribution in [1.29, 1.82) is 0 Å². The Labute approximate surface area is 189 Å². The van der Waals surface area contributed by atoms with Crippen LogP contribution in [0.15, 0.2) is 60.8 Å². The first-order valence-electron chi connectivity index (χ1n) is 11.4. The zero-order valence-corrected chi connectivity index (χ0v) is 18.8. The van der Waals surface area contributed by atoms with E-state index in [0.717, 1.165) is 60.4 Å². The molecular weight excluding hydrogens is 396 g/mol. The average molecular weight is 427 g/mol. The minimum absolute atomic E-state index is 0.409. The molecule has 0 bridgehead atoms. The van der Waals surface area contributed by atoms with Gasteiger partial charge in [-0.3, -0.25) is 4.98 Å². The summed E-state index contributed by atoms with van der Waals surface area (Å²) in [5, 5.41) is 9.61. The lowest BCUT2D eigenvalue weighted by Crippen LogP contribution is -2.37. The summed E-state index contributed by atoms with van der Waals surface area (Å²) < 4.78 is 0. The smallest absolute Gasteiger partial charge is 0.225 e. The molecule has 0 radical (unpaired) electrons. The Hall–Kier alpha value is -3.25. The lowest BCUT2D eigenvalue weighted by Gasteiger charge is -2.30. The number of nitrogens with one attached hydrogen (secondary N) is 2. The van der Waals surface area contributed by atoms with Crippen LogP contribution >= 0.6 is 0 Å². The standard InChI is InChI=1S/C26H30N6/c1-32(2)25-22-8-4-6-10-24(22)30-26(31-25)29-21-13-11-20(12-14-21)27-16-18-15-19-7-3-5-9-23(19)28-17-18/h3-10,15,17,20-21,27H,11-14,16H2,1-2H3,(H,29,30,31)/t20-,21+. The Morgan fingerprint density at radius 3 is 2.41 bits per heavy atom. The van der Waals surface area contributed by atoms with Gasteiger partial charge in [-0.1, -0.05) is 30.3 Å². The molecule has 32 heavy (non-hydrogen) atoms. The fraction of sp³-hybridized carbons (Fsp3) is 0.346. The average Bonchev–Trinajstić information content (AvgIpc) is 2.83. The Morgan fingerprint density at radius 2 is 1.59 bits per heavy atom. The predicted octanol–water partition coefficient (Wildman–Crippen LogP) is 4.76. The van der Waals surface area contributed by atoms with Gasteiger partial charge in [0.25, 0.3) is 0 Å². The van der Waals surface area contributed by atoms with Gasteiger partial charge in [0, 0.05) is 49.7 Å². The van der Waals surface area contributed by atoms with Gasteiger partial charge in [0.1, 0.15) is 5.82 Å². The molecule has 0 aliphatic heterocycles. The summed E-state index contributed by atoms with van der Waals surface area (Å²) >= 11 is 0. The first kappa shape index (κ1) is 20.6. The van der Waals surface area contributed by atoms with Crippen LogP contribution in [0.2, 0.25) is 0 Å². The maximum Gasteiger partial charge on any atom is 0.225 e. The molecule has 5 rings (SSSR count). The molecule has 0 amide bonds. The second-order valence-corrected chi connectivity index (χ2v) is 8.89. The SMILES string of the molecule is CN(C)c1nc(N[C@H]2CC[C@@H](NCc3cnc4ccccc4c3)CC2)nc2ccccc12. The fourth-order valence-electron chi connectivity index (χ4n) is 4.57. The third kappa shape index (κ3) is 4.50. The third-order valence-electron chi connectivity index (χ3n) is 6.31. The van der Waals surface area contributed by atoms with Crippen molar-refractivity contribution in [3.05, 3.63) is 66.4 Å². The summed E-state index contributed by atoms with van der Waals surface area (Å²) in [6.45, 7) is 0.862. The predicted molar refractivity (Wildman–Crippen MR) is 132 cm³/mol. The highest BCUT2D eigenvalue weighted by atomic mass is 15.2. The lowest BCUT2D eigenvalue weighted by atomic mass is 9.91. The Morgan fingerprint density at radius 1 is 0.875 bits per heavy atom. The van der Waals surface area contributed by atoms with E-state index < -0.39 is 0 Å². The Bertz CT molecular complexity index is 1210. The molecular formula is C26H30N6. The molecule has 1 aliphatic rings. The number of fused-ring (bicyclic) bond motifs is 2. The van der Waals surface area contributed by atoms with Crippen molar-refractivity contribution < 1.29 is 0 Å². The van der Waals surface area contributed by atoms with Gasteiger partial charge >= 0.3 is 0 Å². The van der Waals surface area contributed by atoms with Gasteiger partial charge in [-0.25, -0.2) is 4.98 Å². The molecule has 164 valence electrons. The van der Waals surface area contributed by atoms with Crippen molar-refractivity contribution in [1.82, 2.24) is 20.3 Å². The lowest BCUT2D eigenvalue weighted by molar-refractivity contribution is 0.352.